The summed E-state index contributed by atoms with van der Waals surface area (Å²) in [6, 6.07) is 10.0. The number of aromatic nitrogens is 3. The first-order valence-corrected chi connectivity index (χ1v) is 7.65. The quantitative estimate of drug-likeness (QED) is 0.753. The third-order valence-corrected chi connectivity index (χ3v) is 3.39. The summed E-state index contributed by atoms with van der Waals surface area (Å²) < 4.78 is 13.9. The Balaban J connectivity index is 1.77. The average Bonchev–Trinajstić information content (AvgIpc) is 2.64. The van der Waals surface area contributed by atoms with E-state index in [1.54, 1.807) is 18.2 Å². The number of nitrogens with one attached hydrogen (secondary N) is 2. The first-order chi connectivity index (χ1) is 12.5. The summed E-state index contributed by atoms with van der Waals surface area (Å²) in [4.78, 5) is 28.5. The molecule has 0 bridgehead atoms. The molecule has 2 amide bonds. The van der Waals surface area contributed by atoms with Gasteiger partial charge in [-0.15, -0.1) is 5.10 Å². The molecule has 0 fully saturated rings. The van der Waals surface area contributed by atoms with Crippen molar-refractivity contribution in [1.29, 1.82) is 0 Å². The molecule has 2 aromatic heterocycles. The fourth-order valence-electron chi connectivity index (χ4n) is 2.16. The van der Waals surface area contributed by atoms with Gasteiger partial charge in [0.15, 0.2) is 5.69 Å². The molecule has 0 aliphatic rings. The highest BCUT2D eigenvalue weighted by Gasteiger charge is 2.13. The van der Waals surface area contributed by atoms with Crippen molar-refractivity contribution in [2.45, 2.75) is 6.92 Å². The largest absolute Gasteiger partial charge is 0.321 e. The molecule has 0 spiro atoms. The molecule has 0 saturated heterocycles. The van der Waals surface area contributed by atoms with Gasteiger partial charge in [0.2, 0.25) is 0 Å². The first kappa shape index (κ1) is 17.2. The number of pyridine rings is 1. The van der Waals surface area contributed by atoms with Crippen LogP contribution in [-0.2, 0) is 0 Å². The lowest BCUT2D eigenvalue weighted by atomic mass is 10.1. The first-order valence-electron chi connectivity index (χ1n) is 7.65. The fraction of sp³-hybridized carbons (Fsp3) is 0.0556. The highest BCUT2D eigenvalue weighted by molar-refractivity contribution is 6.06. The number of rotatable bonds is 4. The standard InChI is InChI=1S/C18H14FN5O2/c1-11-4-5-14(10-20-11)22-17(25)12-7-13(19)9-15(8-12)23-18(26)16-3-2-6-21-24-16/h2-10H,1H3,(H,22,25)(H,23,26). The van der Waals surface area contributed by atoms with Crippen molar-refractivity contribution in [3.63, 3.8) is 0 Å². The maximum absolute atomic E-state index is 13.9. The zero-order chi connectivity index (χ0) is 18.5. The third kappa shape index (κ3) is 4.23. The molecule has 0 saturated carbocycles. The van der Waals surface area contributed by atoms with Crippen LogP contribution in [0.25, 0.3) is 0 Å². The molecule has 8 heteroatoms. The van der Waals surface area contributed by atoms with Crippen LogP contribution < -0.4 is 10.6 Å². The predicted octanol–water partition coefficient (Wildman–Crippen LogP) is 2.82. The SMILES string of the molecule is Cc1ccc(NC(=O)c2cc(F)cc(NC(=O)c3cccnn3)c2)cn1. The molecule has 0 atom stereocenters. The molecule has 0 aliphatic heterocycles. The maximum Gasteiger partial charge on any atom is 0.276 e. The van der Waals surface area contributed by atoms with Crippen LogP contribution in [0.1, 0.15) is 26.5 Å². The van der Waals surface area contributed by atoms with E-state index in [1.165, 1.54) is 24.5 Å². The summed E-state index contributed by atoms with van der Waals surface area (Å²) in [5.41, 5.74) is 1.55. The van der Waals surface area contributed by atoms with Gasteiger partial charge in [-0.05, 0) is 49.4 Å². The summed E-state index contributed by atoms with van der Waals surface area (Å²) in [7, 11) is 0. The average molecular weight is 351 g/mol. The molecule has 0 unspecified atom stereocenters. The highest BCUT2D eigenvalue weighted by Crippen LogP contribution is 2.17. The normalized spacial score (nSPS) is 10.2. The van der Waals surface area contributed by atoms with Gasteiger partial charge in [0.05, 0.1) is 11.9 Å². The number of amides is 2. The van der Waals surface area contributed by atoms with Crippen molar-refractivity contribution in [2.75, 3.05) is 10.6 Å². The Hall–Kier alpha value is -3.68. The maximum atomic E-state index is 13.9. The summed E-state index contributed by atoms with van der Waals surface area (Å²) in [6.45, 7) is 1.82. The number of anilines is 2. The van der Waals surface area contributed by atoms with E-state index in [1.807, 2.05) is 6.92 Å². The molecule has 26 heavy (non-hydrogen) atoms. The molecule has 7 nitrogen and oxygen atoms in total. The Morgan fingerprint density at radius 2 is 1.81 bits per heavy atom. The molecule has 3 aromatic rings. The van der Waals surface area contributed by atoms with E-state index >= 15 is 0 Å². The van der Waals surface area contributed by atoms with Gasteiger partial charge in [-0.1, -0.05) is 0 Å². The number of halogens is 1. The number of carbonyl (C=O) groups is 2. The van der Waals surface area contributed by atoms with Crippen LogP contribution in [-0.4, -0.2) is 27.0 Å². The Morgan fingerprint density at radius 1 is 1.00 bits per heavy atom. The molecule has 2 N–H and O–H groups in total. The topological polar surface area (TPSA) is 96.9 Å². The van der Waals surface area contributed by atoms with Gasteiger partial charge in [0, 0.05) is 23.1 Å². The molecule has 0 aliphatic carbocycles. The van der Waals surface area contributed by atoms with E-state index in [9.17, 15) is 14.0 Å². The van der Waals surface area contributed by atoms with Crippen molar-refractivity contribution >= 4 is 23.2 Å². The van der Waals surface area contributed by atoms with E-state index in [0.29, 0.717) is 5.69 Å². The van der Waals surface area contributed by atoms with Crippen LogP contribution in [0.5, 0.6) is 0 Å². The summed E-state index contributed by atoms with van der Waals surface area (Å²) in [5.74, 6) is -1.74. The van der Waals surface area contributed by atoms with Gasteiger partial charge < -0.3 is 10.6 Å². The van der Waals surface area contributed by atoms with Crippen molar-refractivity contribution in [3.05, 3.63) is 77.6 Å². The summed E-state index contributed by atoms with van der Waals surface area (Å²) in [6.07, 6.45) is 2.94. The lowest BCUT2D eigenvalue weighted by molar-refractivity contribution is 0.101. The highest BCUT2D eigenvalue weighted by atomic mass is 19.1. The zero-order valence-electron chi connectivity index (χ0n) is 13.7. The Bertz CT molecular complexity index is 946. The number of benzene rings is 1. The van der Waals surface area contributed by atoms with Gasteiger partial charge in [0.25, 0.3) is 11.8 Å². The van der Waals surface area contributed by atoms with Crippen LogP contribution >= 0.6 is 0 Å². The minimum atomic E-state index is -0.658. The van der Waals surface area contributed by atoms with Gasteiger partial charge >= 0.3 is 0 Å². The number of aryl methyl sites for hydroxylation is 1. The van der Waals surface area contributed by atoms with Crippen LogP contribution in [0.3, 0.4) is 0 Å². The predicted molar refractivity (Wildman–Crippen MR) is 93.3 cm³/mol. The third-order valence-electron chi connectivity index (χ3n) is 3.39. The Morgan fingerprint density at radius 3 is 2.50 bits per heavy atom. The van der Waals surface area contributed by atoms with Crippen LogP contribution in [0, 0.1) is 12.7 Å². The Kier molecular flexibility index (Phi) is 4.93. The van der Waals surface area contributed by atoms with Crippen LogP contribution in [0.15, 0.2) is 54.9 Å². The Labute approximate surface area is 148 Å². The molecular formula is C18H14FN5O2. The van der Waals surface area contributed by atoms with Gasteiger partial charge in [0.1, 0.15) is 5.82 Å². The van der Waals surface area contributed by atoms with E-state index < -0.39 is 17.6 Å². The van der Waals surface area contributed by atoms with Crippen molar-refractivity contribution in [1.82, 2.24) is 15.2 Å². The molecular weight excluding hydrogens is 337 g/mol. The minimum absolute atomic E-state index is 0.0556. The molecule has 2 heterocycles. The van der Waals surface area contributed by atoms with E-state index in [-0.39, 0.29) is 16.9 Å². The number of hydrogen-bond acceptors (Lipinski definition) is 5. The minimum Gasteiger partial charge on any atom is -0.321 e. The van der Waals surface area contributed by atoms with E-state index in [0.717, 1.165) is 17.8 Å². The van der Waals surface area contributed by atoms with Gasteiger partial charge in [-0.25, -0.2) is 4.39 Å². The molecule has 130 valence electrons. The second kappa shape index (κ2) is 7.47. The molecule has 1 aromatic carbocycles. The second-order valence-electron chi connectivity index (χ2n) is 5.43. The zero-order valence-corrected chi connectivity index (χ0v) is 13.7. The van der Waals surface area contributed by atoms with Gasteiger partial charge in [-0.3, -0.25) is 14.6 Å². The molecule has 3 rings (SSSR count). The number of hydrogen-bond donors (Lipinski definition) is 2. The van der Waals surface area contributed by atoms with Gasteiger partial charge in [-0.2, -0.15) is 5.10 Å². The van der Waals surface area contributed by atoms with Crippen LogP contribution in [0.4, 0.5) is 15.8 Å². The molecule has 0 radical (unpaired) electrons. The second-order valence-corrected chi connectivity index (χ2v) is 5.43. The fourth-order valence-corrected chi connectivity index (χ4v) is 2.16. The number of carbonyl (C=O) groups excluding carboxylic acids is 2. The smallest absolute Gasteiger partial charge is 0.276 e. The lowest BCUT2D eigenvalue weighted by Crippen LogP contribution is -2.16. The summed E-state index contributed by atoms with van der Waals surface area (Å²) >= 11 is 0. The van der Waals surface area contributed by atoms with Crippen molar-refractivity contribution in [2.24, 2.45) is 0 Å². The number of nitrogens with zero attached hydrogens (tertiary/aromatic N) is 3. The van der Waals surface area contributed by atoms with E-state index in [2.05, 4.69) is 25.8 Å². The monoisotopic (exact) mass is 351 g/mol. The summed E-state index contributed by atoms with van der Waals surface area (Å²) in [5, 5.41) is 12.4. The van der Waals surface area contributed by atoms with Crippen molar-refractivity contribution < 1.29 is 14.0 Å². The van der Waals surface area contributed by atoms with Crippen molar-refractivity contribution in [3.8, 4) is 0 Å². The van der Waals surface area contributed by atoms with Crippen LogP contribution in [0.2, 0.25) is 0 Å². The lowest BCUT2D eigenvalue weighted by Gasteiger charge is -2.09. The van der Waals surface area contributed by atoms with E-state index in [4.69, 9.17) is 0 Å².